The molecule has 1 N–H and O–H groups in total. The number of thioether (sulfide) groups is 1. The summed E-state index contributed by atoms with van der Waals surface area (Å²) in [5, 5.41) is 3.17. The fraction of sp³-hybridized carbons (Fsp3) is 0.500. The molecule has 0 aromatic carbocycles. The summed E-state index contributed by atoms with van der Waals surface area (Å²) in [6, 6.07) is 5.93. The minimum absolute atomic E-state index is 0.160. The first-order chi connectivity index (χ1) is 8.26. The summed E-state index contributed by atoms with van der Waals surface area (Å²) < 4.78 is 4.58. The highest BCUT2D eigenvalue weighted by Gasteiger charge is 2.01. The van der Waals surface area contributed by atoms with Gasteiger partial charge in [-0.15, -0.1) is 0 Å². The highest BCUT2D eigenvalue weighted by molar-refractivity contribution is 7.98. The summed E-state index contributed by atoms with van der Waals surface area (Å²) >= 11 is 1.69. The van der Waals surface area contributed by atoms with Gasteiger partial charge in [0.25, 0.3) is 0 Å². The minimum Gasteiger partial charge on any atom is -0.469 e. The van der Waals surface area contributed by atoms with Crippen molar-refractivity contribution in [2.24, 2.45) is 0 Å². The van der Waals surface area contributed by atoms with Gasteiger partial charge in [-0.1, -0.05) is 6.07 Å². The van der Waals surface area contributed by atoms with Crippen molar-refractivity contribution in [3.8, 4) is 0 Å². The van der Waals surface area contributed by atoms with E-state index in [0.29, 0.717) is 6.42 Å². The molecule has 0 bridgehead atoms. The fourth-order valence-corrected chi connectivity index (χ4v) is 2.10. The van der Waals surface area contributed by atoms with E-state index in [0.717, 1.165) is 29.6 Å². The van der Waals surface area contributed by atoms with Crippen molar-refractivity contribution < 1.29 is 9.53 Å². The topological polar surface area (TPSA) is 51.2 Å². The van der Waals surface area contributed by atoms with Gasteiger partial charge < -0.3 is 10.1 Å². The van der Waals surface area contributed by atoms with Crippen molar-refractivity contribution in [1.82, 2.24) is 4.98 Å². The molecule has 1 aromatic rings. The average molecular weight is 254 g/mol. The third-order valence-corrected chi connectivity index (χ3v) is 3.09. The molecule has 0 amide bonds. The monoisotopic (exact) mass is 254 g/mol. The third kappa shape index (κ3) is 5.58. The molecule has 0 aliphatic carbocycles. The molecule has 0 spiro atoms. The van der Waals surface area contributed by atoms with E-state index in [1.165, 1.54) is 7.11 Å². The number of nitrogens with zero attached hydrogens (tertiary/aromatic N) is 1. The smallest absolute Gasteiger partial charge is 0.306 e. The second-order valence-electron chi connectivity index (χ2n) is 3.42. The molecule has 1 rings (SSSR count). The van der Waals surface area contributed by atoms with Crippen molar-refractivity contribution in [3.05, 3.63) is 23.9 Å². The minimum atomic E-state index is -0.160. The first-order valence-electron chi connectivity index (χ1n) is 5.60. The summed E-state index contributed by atoms with van der Waals surface area (Å²) in [5.74, 6) is 2.32. The van der Waals surface area contributed by atoms with Gasteiger partial charge in [-0.3, -0.25) is 4.79 Å². The molecule has 17 heavy (non-hydrogen) atoms. The Bertz CT molecular complexity index is 358. The van der Waals surface area contributed by atoms with Gasteiger partial charge in [0, 0.05) is 18.1 Å². The normalized spacial score (nSPS) is 10.0. The molecule has 1 aromatic heterocycles. The number of esters is 1. The lowest BCUT2D eigenvalue weighted by Gasteiger charge is -2.05. The molecule has 0 saturated heterocycles. The zero-order valence-corrected chi connectivity index (χ0v) is 11.0. The second-order valence-corrected chi connectivity index (χ2v) is 4.53. The Kier molecular flexibility index (Phi) is 6.47. The molecule has 94 valence electrons. The summed E-state index contributed by atoms with van der Waals surface area (Å²) in [5.41, 5.74) is 1.03. The van der Waals surface area contributed by atoms with Gasteiger partial charge in [0.2, 0.25) is 0 Å². The summed E-state index contributed by atoms with van der Waals surface area (Å²) in [7, 11) is 1.41. The highest BCUT2D eigenvalue weighted by atomic mass is 32.2. The number of hydrogen-bond acceptors (Lipinski definition) is 5. The molecule has 1 heterocycles. The fourth-order valence-electron chi connectivity index (χ4n) is 1.27. The van der Waals surface area contributed by atoms with Crippen LogP contribution in [0, 0.1) is 0 Å². The predicted molar refractivity (Wildman–Crippen MR) is 71.2 cm³/mol. The Morgan fingerprint density at radius 1 is 1.53 bits per heavy atom. The van der Waals surface area contributed by atoms with E-state index in [1.807, 2.05) is 25.1 Å². The number of hydrogen-bond donors (Lipinski definition) is 1. The van der Waals surface area contributed by atoms with Crippen LogP contribution in [0.5, 0.6) is 0 Å². The first kappa shape index (κ1) is 13.8. The van der Waals surface area contributed by atoms with E-state index >= 15 is 0 Å². The lowest BCUT2D eigenvalue weighted by molar-refractivity contribution is -0.140. The van der Waals surface area contributed by atoms with Crippen molar-refractivity contribution in [1.29, 1.82) is 0 Å². The van der Waals surface area contributed by atoms with Crippen molar-refractivity contribution in [2.45, 2.75) is 19.1 Å². The van der Waals surface area contributed by atoms with E-state index in [-0.39, 0.29) is 5.97 Å². The van der Waals surface area contributed by atoms with Crippen LogP contribution in [0.1, 0.15) is 19.0 Å². The molecule has 4 nitrogen and oxygen atoms in total. The standard InChI is InChI=1S/C12H18N2O2S/c1-3-13-11-6-4-5-10(14-11)9-17-8-7-12(15)16-2/h4-6H,3,7-9H2,1-2H3,(H,13,14). The maximum absolute atomic E-state index is 10.9. The molecular formula is C12H18N2O2S. The Hall–Kier alpha value is -1.23. The Labute approximate surface area is 106 Å². The molecule has 0 aliphatic rings. The van der Waals surface area contributed by atoms with Crippen LogP contribution in [0.15, 0.2) is 18.2 Å². The first-order valence-corrected chi connectivity index (χ1v) is 6.76. The molecule has 0 fully saturated rings. The maximum atomic E-state index is 10.9. The van der Waals surface area contributed by atoms with Gasteiger partial charge in [0.15, 0.2) is 0 Å². The summed E-state index contributed by atoms with van der Waals surface area (Å²) in [6.07, 6.45) is 0.452. The largest absolute Gasteiger partial charge is 0.469 e. The number of pyridine rings is 1. The number of aromatic nitrogens is 1. The highest BCUT2D eigenvalue weighted by Crippen LogP contribution is 2.13. The molecule has 5 heteroatoms. The zero-order valence-electron chi connectivity index (χ0n) is 10.2. The zero-order chi connectivity index (χ0) is 12.5. The number of nitrogens with one attached hydrogen (secondary N) is 1. The molecular weight excluding hydrogens is 236 g/mol. The Morgan fingerprint density at radius 3 is 3.06 bits per heavy atom. The van der Waals surface area contributed by atoms with Crippen LogP contribution in [0.2, 0.25) is 0 Å². The number of rotatable bonds is 7. The third-order valence-electron chi connectivity index (χ3n) is 2.09. The Balaban J connectivity index is 2.31. The van der Waals surface area contributed by atoms with Gasteiger partial charge >= 0.3 is 5.97 Å². The van der Waals surface area contributed by atoms with Crippen LogP contribution >= 0.6 is 11.8 Å². The van der Waals surface area contributed by atoms with Gasteiger partial charge in [0.05, 0.1) is 19.2 Å². The van der Waals surface area contributed by atoms with E-state index < -0.39 is 0 Å². The van der Waals surface area contributed by atoms with Crippen LogP contribution in [-0.2, 0) is 15.3 Å². The summed E-state index contributed by atoms with van der Waals surface area (Å²) in [4.78, 5) is 15.4. The molecule has 0 aliphatic heterocycles. The lowest BCUT2D eigenvalue weighted by Crippen LogP contribution is -2.02. The SMILES string of the molecule is CCNc1cccc(CSCCC(=O)OC)n1. The average Bonchev–Trinajstić information content (AvgIpc) is 2.35. The van der Waals surface area contributed by atoms with Crippen LogP contribution in [0.3, 0.4) is 0 Å². The second kappa shape index (κ2) is 7.95. The van der Waals surface area contributed by atoms with Crippen LogP contribution in [-0.4, -0.2) is 30.4 Å². The number of carbonyl (C=O) groups excluding carboxylic acids is 1. The van der Waals surface area contributed by atoms with E-state index in [4.69, 9.17) is 0 Å². The Morgan fingerprint density at radius 2 is 2.35 bits per heavy atom. The van der Waals surface area contributed by atoms with Crippen molar-refractivity contribution >= 4 is 23.5 Å². The number of carbonyl (C=O) groups is 1. The molecule has 0 radical (unpaired) electrons. The molecule has 0 atom stereocenters. The number of ether oxygens (including phenoxy) is 1. The predicted octanol–water partition coefficient (Wildman–Crippen LogP) is 2.31. The van der Waals surface area contributed by atoms with Crippen LogP contribution in [0.25, 0.3) is 0 Å². The lowest BCUT2D eigenvalue weighted by atomic mass is 10.4. The van der Waals surface area contributed by atoms with E-state index in [9.17, 15) is 4.79 Å². The van der Waals surface area contributed by atoms with E-state index in [1.54, 1.807) is 11.8 Å². The maximum Gasteiger partial charge on any atom is 0.306 e. The van der Waals surface area contributed by atoms with Crippen molar-refractivity contribution in [3.63, 3.8) is 0 Å². The molecule has 0 unspecified atom stereocenters. The van der Waals surface area contributed by atoms with Gasteiger partial charge in [-0.2, -0.15) is 11.8 Å². The molecule has 0 saturated carbocycles. The number of anilines is 1. The van der Waals surface area contributed by atoms with Crippen LogP contribution < -0.4 is 5.32 Å². The van der Waals surface area contributed by atoms with Gasteiger partial charge in [0.1, 0.15) is 5.82 Å². The quantitative estimate of drug-likeness (QED) is 0.598. The van der Waals surface area contributed by atoms with Crippen LogP contribution in [0.4, 0.5) is 5.82 Å². The van der Waals surface area contributed by atoms with Gasteiger partial charge in [-0.05, 0) is 19.1 Å². The number of methoxy groups -OCH3 is 1. The van der Waals surface area contributed by atoms with Crippen molar-refractivity contribution in [2.75, 3.05) is 24.7 Å². The van der Waals surface area contributed by atoms with E-state index in [2.05, 4.69) is 15.0 Å². The summed E-state index contributed by atoms with van der Waals surface area (Å²) in [6.45, 7) is 2.91. The van der Waals surface area contributed by atoms with Gasteiger partial charge in [-0.25, -0.2) is 4.98 Å².